The smallest absolute Gasteiger partial charge is 0.247 e. The largest absolute Gasteiger partial charge is 0.492 e. The highest BCUT2D eigenvalue weighted by atomic mass is 35.5. The van der Waals surface area contributed by atoms with Gasteiger partial charge in [-0.3, -0.25) is 14.3 Å². The molecule has 5 rings (SSSR count). The van der Waals surface area contributed by atoms with E-state index in [-0.39, 0.29) is 5.91 Å². The molecule has 2 N–H and O–H groups in total. The zero-order valence-electron chi connectivity index (χ0n) is 21.1. The van der Waals surface area contributed by atoms with Crippen molar-refractivity contribution in [2.24, 2.45) is 0 Å². The van der Waals surface area contributed by atoms with Gasteiger partial charge in [0, 0.05) is 48.7 Å². The molecule has 2 aromatic heterocycles. The predicted molar refractivity (Wildman–Crippen MR) is 150 cm³/mol. The van der Waals surface area contributed by atoms with Gasteiger partial charge in [-0.25, -0.2) is 4.98 Å². The van der Waals surface area contributed by atoms with E-state index in [1.807, 2.05) is 60.2 Å². The minimum absolute atomic E-state index is 0.256. The molecule has 1 saturated heterocycles. The minimum atomic E-state index is -0.256. The first-order valence-electron chi connectivity index (χ1n) is 12.4. The fourth-order valence-electron chi connectivity index (χ4n) is 4.37. The number of ether oxygens (including phenoxy) is 2. The maximum atomic E-state index is 11.8. The van der Waals surface area contributed by atoms with Crippen molar-refractivity contribution in [1.29, 1.82) is 0 Å². The van der Waals surface area contributed by atoms with Crippen molar-refractivity contribution in [2.75, 3.05) is 50.1 Å². The van der Waals surface area contributed by atoms with Crippen LogP contribution in [0.1, 0.15) is 5.56 Å². The van der Waals surface area contributed by atoms with Gasteiger partial charge in [0.2, 0.25) is 11.9 Å². The molecular weight excluding hydrogens is 504 g/mol. The van der Waals surface area contributed by atoms with Crippen LogP contribution in [0.15, 0.2) is 67.5 Å². The van der Waals surface area contributed by atoms with E-state index < -0.39 is 0 Å². The molecule has 9 nitrogen and oxygen atoms in total. The Morgan fingerprint density at radius 2 is 2.08 bits per heavy atom. The molecule has 0 atom stereocenters. The average molecular weight is 533 g/mol. The summed E-state index contributed by atoms with van der Waals surface area (Å²) in [6.45, 7) is 10.3. The topological polar surface area (TPSA) is 93.5 Å². The van der Waals surface area contributed by atoms with Crippen molar-refractivity contribution in [3.05, 3.63) is 78.1 Å². The summed E-state index contributed by atoms with van der Waals surface area (Å²) < 4.78 is 13.3. The number of anilines is 3. The second-order valence-corrected chi connectivity index (χ2v) is 9.28. The Hall–Kier alpha value is -3.92. The summed E-state index contributed by atoms with van der Waals surface area (Å²) in [4.78, 5) is 23.2. The highest BCUT2D eigenvalue weighted by Gasteiger charge is 2.14. The molecule has 4 aromatic rings. The Morgan fingerprint density at radius 3 is 2.89 bits per heavy atom. The van der Waals surface area contributed by atoms with Gasteiger partial charge in [0.1, 0.15) is 17.4 Å². The molecule has 0 radical (unpaired) electrons. The third-order valence-corrected chi connectivity index (χ3v) is 6.68. The molecular formula is C28H29ClN6O3. The number of carbonyl (C=O) groups excluding carboxylic acids is 1. The Kier molecular flexibility index (Phi) is 7.88. The fraction of sp³-hybridized carbons (Fsp3) is 0.250. The summed E-state index contributed by atoms with van der Waals surface area (Å²) >= 11 is 6.52. The van der Waals surface area contributed by atoms with Crippen LogP contribution in [0.2, 0.25) is 5.02 Å². The first-order valence-corrected chi connectivity index (χ1v) is 12.8. The maximum Gasteiger partial charge on any atom is 0.247 e. The SMILES string of the molecule is C=CC(=O)Nc1ccc2c(ccn2-c2nc(Nc3cccc(OCCN4CCOCC4)c3)ncc2Cl)c1C. The highest BCUT2D eigenvalue weighted by Crippen LogP contribution is 2.31. The standard InChI is InChI=1S/C28H29ClN6O3/c1-3-26(36)32-24-7-8-25-22(19(24)2)9-10-35(25)27-23(29)18-30-28(33-27)31-20-5-4-6-21(17-20)38-16-13-34-11-14-37-15-12-34/h3-10,17-18H,1,11-16H2,2H3,(H,32,36)(H,30,31,33). The molecule has 2 aromatic carbocycles. The van der Waals surface area contributed by atoms with Crippen molar-refractivity contribution in [2.45, 2.75) is 6.92 Å². The molecule has 0 spiro atoms. The van der Waals surface area contributed by atoms with Crippen LogP contribution in [0.3, 0.4) is 0 Å². The zero-order chi connectivity index (χ0) is 26.5. The Morgan fingerprint density at radius 1 is 1.24 bits per heavy atom. The van der Waals surface area contributed by atoms with Crippen LogP contribution in [0.4, 0.5) is 17.3 Å². The molecule has 10 heteroatoms. The lowest BCUT2D eigenvalue weighted by Gasteiger charge is -2.26. The van der Waals surface area contributed by atoms with E-state index in [0.29, 0.717) is 23.4 Å². The highest BCUT2D eigenvalue weighted by molar-refractivity contribution is 6.32. The molecule has 38 heavy (non-hydrogen) atoms. The molecule has 0 unspecified atom stereocenters. The first-order chi connectivity index (χ1) is 18.5. The van der Waals surface area contributed by atoms with E-state index in [2.05, 4.69) is 27.1 Å². The van der Waals surface area contributed by atoms with Crippen LogP contribution in [-0.4, -0.2) is 64.8 Å². The summed E-state index contributed by atoms with van der Waals surface area (Å²) in [5.41, 5.74) is 3.37. The van der Waals surface area contributed by atoms with Crippen LogP contribution in [0.5, 0.6) is 5.75 Å². The molecule has 0 aliphatic carbocycles. The number of rotatable bonds is 9. The van der Waals surface area contributed by atoms with Crippen molar-refractivity contribution in [3.8, 4) is 11.6 Å². The normalized spacial score (nSPS) is 13.8. The van der Waals surface area contributed by atoms with Gasteiger partial charge in [0.15, 0.2) is 5.82 Å². The van der Waals surface area contributed by atoms with Crippen LogP contribution >= 0.6 is 11.6 Å². The molecule has 3 heterocycles. The second kappa shape index (κ2) is 11.6. The number of benzene rings is 2. The van der Waals surface area contributed by atoms with Crippen molar-refractivity contribution >= 4 is 45.7 Å². The van der Waals surface area contributed by atoms with Crippen LogP contribution in [0, 0.1) is 6.92 Å². The van der Waals surface area contributed by atoms with Gasteiger partial charge < -0.3 is 20.1 Å². The van der Waals surface area contributed by atoms with Crippen molar-refractivity contribution < 1.29 is 14.3 Å². The average Bonchev–Trinajstić information content (AvgIpc) is 3.37. The number of hydrogen-bond acceptors (Lipinski definition) is 7. The van der Waals surface area contributed by atoms with E-state index >= 15 is 0 Å². The quantitative estimate of drug-likeness (QED) is 0.294. The fourth-order valence-corrected chi connectivity index (χ4v) is 4.55. The summed E-state index contributed by atoms with van der Waals surface area (Å²) in [5.74, 6) is 1.46. The third-order valence-electron chi connectivity index (χ3n) is 6.41. The van der Waals surface area contributed by atoms with E-state index in [0.717, 1.165) is 66.4 Å². The number of nitrogens with zero attached hydrogens (tertiary/aromatic N) is 4. The molecule has 1 fully saturated rings. The lowest BCUT2D eigenvalue weighted by molar-refractivity contribution is -0.111. The summed E-state index contributed by atoms with van der Waals surface area (Å²) in [7, 11) is 0. The third kappa shape index (κ3) is 5.80. The number of nitrogens with one attached hydrogen (secondary N) is 2. The van der Waals surface area contributed by atoms with E-state index in [1.165, 1.54) is 6.08 Å². The van der Waals surface area contributed by atoms with Gasteiger partial charge >= 0.3 is 0 Å². The van der Waals surface area contributed by atoms with Gasteiger partial charge in [-0.2, -0.15) is 4.98 Å². The Bertz CT molecular complexity index is 1460. The second-order valence-electron chi connectivity index (χ2n) is 8.87. The summed E-state index contributed by atoms with van der Waals surface area (Å²) in [6.07, 6.45) is 4.72. The molecule has 0 bridgehead atoms. The van der Waals surface area contributed by atoms with Gasteiger partial charge in [-0.1, -0.05) is 24.2 Å². The lowest BCUT2D eigenvalue weighted by atomic mass is 10.1. The number of aromatic nitrogens is 3. The van der Waals surface area contributed by atoms with Crippen LogP contribution < -0.4 is 15.4 Å². The number of hydrogen-bond donors (Lipinski definition) is 2. The van der Waals surface area contributed by atoms with Crippen molar-refractivity contribution in [1.82, 2.24) is 19.4 Å². The number of amides is 1. The van der Waals surface area contributed by atoms with Crippen molar-refractivity contribution in [3.63, 3.8) is 0 Å². The lowest BCUT2D eigenvalue weighted by Crippen LogP contribution is -2.38. The number of aryl methyl sites for hydroxylation is 1. The van der Waals surface area contributed by atoms with Gasteiger partial charge in [-0.05, 0) is 48.9 Å². The van der Waals surface area contributed by atoms with Crippen LogP contribution in [0.25, 0.3) is 16.7 Å². The van der Waals surface area contributed by atoms with Gasteiger partial charge in [0.25, 0.3) is 0 Å². The molecule has 0 saturated carbocycles. The molecule has 1 amide bonds. The Balaban J connectivity index is 1.32. The number of carbonyl (C=O) groups is 1. The molecule has 1 aliphatic heterocycles. The Labute approximate surface area is 226 Å². The molecule has 196 valence electrons. The number of halogens is 1. The van der Waals surface area contributed by atoms with Gasteiger partial charge in [0.05, 0.1) is 24.9 Å². The summed E-state index contributed by atoms with van der Waals surface area (Å²) in [5, 5.41) is 7.47. The maximum absolute atomic E-state index is 11.8. The zero-order valence-corrected chi connectivity index (χ0v) is 21.9. The summed E-state index contributed by atoms with van der Waals surface area (Å²) in [6, 6.07) is 13.5. The minimum Gasteiger partial charge on any atom is -0.492 e. The van der Waals surface area contributed by atoms with Gasteiger partial charge in [-0.15, -0.1) is 0 Å². The predicted octanol–water partition coefficient (Wildman–Crippen LogP) is 4.96. The number of morpholine rings is 1. The monoisotopic (exact) mass is 532 g/mol. The molecule has 1 aliphatic rings. The van der Waals surface area contributed by atoms with E-state index in [1.54, 1.807) is 6.20 Å². The van der Waals surface area contributed by atoms with Crippen LogP contribution in [-0.2, 0) is 9.53 Å². The number of fused-ring (bicyclic) bond motifs is 1. The van der Waals surface area contributed by atoms with E-state index in [9.17, 15) is 4.79 Å². The van der Waals surface area contributed by atoms with E-state index in [4.69, 9.17) is 26.1 Å². The first kappa shape index (κ1) is 25.7.